The van der Waals surface area contributed by atoms with Crippen LogP contribution in [0.3, 0.4) is 0 Å². The van der Waals surface area contributed by atoms with Gasteiger partial charge in [-0.1, -0.05) is 6.07 Å². The molecule has 58 valence electrons. The molecule has 1 aliphatic heterocycles. The van der Waals surface area contributed by atoms with Gasteiger partial charge in [0.05, 0.1) is 5.03 Å². The van der Waals surface area contributed by atoms with Gasteiger partial charge in [0.15, 0.2) is 0 Å². The fourth-order valence-electron chi connectivity index (χ4n) is 1.13. The zero-order valence-electron chi connectivity index (χ0n) is 6.20. The average molecular weight is 166 g/mol. The molecule has 2 heterocycles. The Morgan fingerprint density at radius 1 is 1.36 bits per heavy atom. The number of rotatable bonds is 1. The van der Waals surface area contributed by atoms with Gasteiger partial charge in [-0.15, -0.1) is 12.6 Å². The smallest absolute Gasteiger partial charge is 0.129 e. The maximum Gasteiger partial charge on any atom is 0.129 e. The summed E-state index contributed by atoms with van der Waals surface area (Å²) in [5.41, 5.74) is 0. The van der Waals surface area contributed by atoms with Crippen LogP contribution < -0.4 is 4.90 Å². The lowest BCUT2D eigenvalue weighted by atomic mass is 10.2. The van der Waals surface area contributed by atoms with Crippen molar-refractivity contribution in [1.82, 2.24) is 4.98 Å². The van der Waals surface area contributed by atoms with Crippen molar-refractivity contribution in [3.63, 3.8) is 0 Å². The van der Waals surface area contributed by atoms with Gasteiger partial charge in [0.2, 0.25) is 0 Å². The van der Waals surface area contributed by atoms with E-state index in [9.17, 15) is 0 Å². The van der Waals surface area contributed by atoms with E-state index < -0.39 is 0 Å². The van der Waals surface area contributed by atoms with E-state index >= 15 is 0 Å². The van der Waals surface area contributed by atoms with Crippen molar-refractivity contribution in [3.05, 3.63) is 18.2 Å². The summed E-state index contributed by atoms with van der Waals surface area (Å²) in [6, 6.07) is 5.91. The normalized spacial score (nSPS) is 16.3. The van der Waals surface area contributed by atoms with Crippen molar-refractivity contribution >= 4 is 18.4 Å². The van der Waals surface area contributed by atoms with Gasteiger partial charge in [0, 0.05) is 13.1 Å². The molecule has 0 radical (unpaired) electrons. The van der Waals surface area contributed by atoms with Crippen molar-refractivity contribution < 1.29 is 0 Å². The zero-order valence-corrected chi connectivity index (χ0v) is 7.09. The molecule has 11 heavy (non-hydrogen) atoms. The molecule has 0 aromatic carbocycles. The lowest BCUT2D eigenvalue weighted by Crippen LogP contribution is -2.37. The molecule has 0 aliphatic carbocycles. The minimum Gasteiger partial charge on any atom is -0.356 e. The highest BCUT2D eigenvalue weighted by Gasteiger charge is 2.14. The van der Waals surface area contributed by atoms with Gasteiger partial charge < -0.3 is 4.90 Å². The number of aromatic nitrogens is 1. The molecule has 0 amide bonds. The first-order valence-electron chi connectivity index (χ1n) is 3.77. The highest BCUT2D eigenvalue weighted by Crippen LogP contribution is 2.18. The Labute approximate surface area is 71.7 Å². The molecule has 2 rings (SSSR count). The Morgan fingerprint density at radius 2 is 2.18 bits per heavy atom. The molecule has 1 aliphatic rings. The Morgan fingerprint density at radius 3 is 2.73 bits per heavy atom. The third kappa shape index (κ3) is 1.33. The lowest BCUT2D eigenvalue weighted by molar-refractivity contribution is 0.607. The van der Waals surface area contributed by atoms with Crippen LogP contribution in [-0.4, -0.2) is 18.1 Å². The summed E-state index contributed by atoms with van der Waals surface area (Å²) in [6.45, 7) is 2.29. The first-order chi connectivity index (χ1) is 5.36. The Bertz CT molecular complexity index is 258. The first kappa shape index (κ1) is 6.98. The van der Waals surface area contributed by atoms with Gasteiger partial charge in [-0.05, 0) is 18.6 Å². The van der Waals surface area contributed by atoms with Gasteiger partial charge >= 0.3 is 0 Å². The molecular formula is C8H10N2S. The molecule has 3 heteroatoms. The van der Waals surface area contributed by atoms with Crippen molar-refractivity contribution in [2.24, 2.45) is 0 Å². The third-order valence-corrected chi connectivity index (χ3v) is 2.15. The second kappa shape index (κ2) is 2.74. The lowest BCUT2D eigenvalue weighted by Gasteiger charge is -2.31. The van der Waals surface area contributed by atoms with Gasteiger partial charge in [0.25, 0.3) is 0 Å². The molecule has 1 aromatic heterocycles. The van der Waals surface area contributed by atoms with Crippen LogP contribution in [0.15, 0.2) is 23.2 Å². The van der Waals surface area contributed by atoms with E-state index in [0.29, 0.717) is 0 Å². The van der Waals surface area contributed by atoms with Crippen LogP contribution in [0.4, 0.5) is 5.82 Å². The van der Waals surface area contributed by atoms with Crippen molar-refractivity contribution in [3.8, 4) is 0 Å². The molecule has 0 N–H and O–H groups in total. The highest BCUT2D eigenvalue weighted by atomic mass is 32.1. The summed E-state index contributed by atoms with van der Waals surface area (Å²) in [6.07, 6.45) is 1.29. The van der Waals surface area contributed by atoms with E-state index in [1.54, 1.807) is 0 Å². The summed E-state index contributed by atoms with van der Waals surface area (Å²) < 4.78 is 0. The molecule has 0 bridgehead atoms. The van der Waals surface area contributed by atoms with E-state index in [-0.39, 0.29) is 0 Å². The fourth-order valence-corrected chi connectivity index (χ4v) is 1.32. The van der Waals surface area contributed by atoms with Crippen molar-refractivity contribution in [1.29, 1.82) is 0 Å². The number of hydrogen-bond donors (Lipinski definition) is 1. The number of nitrogens with zero attached hydrogens (tertiary/aromatic N) is 2. The largest absolute Gasteiger partial charge is 0.356 e. The molecule has 0 unspecified atom stereocenters. The quantitative estimate of drug-likeness (QED) is 0.638. The van der Waals surface area contributed by atoms with Crippen LogP contribution in [0.25, 0.3) is 0 Å². The summed E-state index contributed by atoms with van der Waals surface area (Å²) in [5.74, 6) is 1.06. The first-order valence-corrected chi connectivity index (χ1v) is 4.22. The second-order valence-corrected chi connectivity index (χ2v) is 3.15. The van der Waals surface area contributed by atoms with E-state index in [0.717, 1.165) is 23.9 Å². The third-order valence-electron chi connectivity index (χ3n) is 1.90. The van der Waals surface area contributed by atoms with Gasteiger partial charge in [-0.25, -0.2) is 4.98 Å². The maximum atomic E-state index is 4.29. The average Bonchev–Trinajstić information content (AvgIpc) is 1.83. The SMILES string of the molecule is Sc1cccc(N2CCC2)n1. The predicted octanol–water partition coefficient (Wildman–Crippen LogP) is 1.58. The predicted molar refractivity (Wildman–Crippen MR) is 48.3 cm³/mol. The molecular weight excluding hydrogens is 156 g/mol. The van der Waals surface area contributed by atoms with Crippen LogP contribution in [0.1, 0.15) is 6.42 Å². The number of anilines is 1. The summed E-state index contributed by atoms with van der Waals surface area (Å²) in [7, 11) is 0. The molecule has 1 fully saturated rings. The highest BCUT2D eigenvalue weighted by molar-refractivity contribution is 7.80. The Kier molecular flexibility index (Phi) is 1.74. The van der Waals surface area contributed by atoms with E-state index in [1.165, 1.54) is 6.42 Å². The zero-order chi connectivity index (χ0) is 7.68. The van der Waals surface area contributed by atoms with E-state index in [4.69, 9.17) is 0 Å². The number of hydrogen-bond acceptors (Lipinski definition) is 3. The number of thiol groups is 1. The number of pyridine rings is 1. The monoisotopic (exact) mass is 166 g/mol. The van der Waals surface area contributed by atoms with Crippen molar-refractivity contribution in [2.75, 3.05) is 18.0 Å². The Hall–Kier alpha value is -0.700. The summed E-state index contributed by atoms with van der Waals surface area (Å²) in [4.78, 5) is 6.54. The van der Waals surface area contributed by atoms with E-state index in [1.807, 2.05) is 18.2 Å². The van der Waals surface area contributed by atoms with Gasteiger partial charge in [0.1, 0.15) is 5.82 Å². The standard InChI is InChI=1S/C8H10N2S/c11-8-4-1-3-7(9-8)10-5-2-6-10/h1,3-4H,2,5-6H2,(H,9,11). The van der Waals surface area contributed by atoms with Crippen LogP contribution in [0.2, 0.25) is 0 Å². The molecule has 0 atom stereocenters. The van der Waals surface area contributed by atoms with Crippen LogP contribution in [0.5, 0.6) is 0 Å². The van der Waals surface area contributed by atoms with Crippen LogP contribution in [-0.2, 0) is 0 Å². The Balaban J connectivity index is 2.23. The van der Waals surface area contributed by atoms with Crippen LogP contribution >= 0.6 is 12.6 Å². The topological polar surface area (TPSA) is 16.1 Å². The fraction of sp³-hybridized carbons (Fsp3) is 0.375. The molecule has 1 aromatic rings. The van der Waals surface area contributed by atoms with Crippen molar-refractivity contribution in [2.45, 2.75) is 11.4 Å². The second-order valence-electron chi connectivity index (χ2n) is 2.69. The molecule has 1 saturated heterocycles. The molecule has 0 saturated carbocycles. The van der Waals surface area contributed by atoms with Gasteiger partial charge in [-0.2, -0.15) is 0 Å². The molecule has 2 nitrogen and oxygen atoms in total. The van der Waals surface area contributed by atoms with Crippen LogP contribution in [0, 0.1) is 0 Å². The molecule has 0 spiro atoms. The minimum atomic E-state index is 0.800. The van der Waals surface area contributed by atoms with Gasteiger partial charge in [-0.3, -0.25) is 0 Å². The maximum absolute atomic E-state index is 4.29. The van der Waals surface area contributed by atoms with E-state index in [2.05, 4.69) is 22.5 Å². The summed E-state index contributed by atoms with van der Waals surface area (Å²) >= 11 is 4.17. The minimum absolute atomic E-state index is 0.800. The summed E-state index contributed by atoms with van der Waals surface area (Å²) in [5, 5.41) is 0.800.